The van der Waals surface area contributed by atoms with Gasteiger partial charge in [-0.05, 0) is 42.8 Å². The molecule has 3 rings (SSSR count). The quantitative estimate of drug-likeness (QED) is 0.598. The summed E-state index contributed by atoms with van der Waals surface area (Å²) in [5, 5.41) is 3.32. The van der Waals surface area contributed by atoms with Crippen LogP contribution in [0.4, 0.5) is 0 Å². The van der Waals surface area contributed by atoms with Gasteiger partial charge >= 0.3 is 0 Å². The third-order valence-electron chi connectivity index (χ3n) is 4.82. The van der Waals surface area contributed by atoms with E-state index in [1.54, 1.807) is 12.1 Å². The van der Waals surface area contributed by atoms with E-state index >= 15 is 0 Å². The maximum absolute atomic E-state index is 12.9. The van der Waals surface area contributed by atoms with E-state index < -0.39 is 15.9 Å². The molecule has 0 spiro atoms. The third kappa shape index (κ3) is 5.68. The zero-order valence-corrected chi connectivity index (χ0v) is 19.0. The Morgan fingerprint density at radius 1 is 1.19 bits per heavy atom. The van der Waals surface area contributed by atoms with E-state index in [-0.39, 0.29) is 42.4 Å². The predicted octanol–water partition coefficient (Wildman–Crippen LogP) is 2.49. The number of sulfonamides is 1. The molecule has 2 aromatic carbocycles. The number of hydrogen-bond donors (Lipinski definition) is 1. The molecule has 1 fully saturated rings. The van der Waals surface area contributed by atoms with Crippen LogP contribution in [-0.2, 0) is 14.8 Å². The topological polar surface area (TPSA) is 94.2 Å². The number of morpholine rings is 1. The summed E-state index contributed by atoms with van der Waals surface area (Å²) < 4.78 is 43.2. The molecule has 1 amide bonds. The van der Waals surface area contributed by atoms with Gasteiger partial charge in [0.15, 0.2) is 0 Å². The van der Waals surface area contributed by atoms with E-state index in [0.29, 0.717) is 24.0 Å². The summed E-state index contributed by atoms with van der Waals surface area (Å²) in [7, 11) is -2.31. The molecule has 2 aromatic rings. The molecule has 1 aliphatic heterocycles. The number of rotatable bonds is 8. The lowest BCUT2D eigenvalue weighted by Gasteiger charge is -2.26. The second kappa shape index (κ2) is 10.3. The fourth-order valence-corrected chi connectivity index (χ4v) is 4.66. The average molecular weight is 469 g/mol. The SMILES string of the molecule is COc1ccc(S(=O)(=O)N2CCOCC2)cc1C(=O)NCCOc1ccc(C)c(Cl)c1. The van der Waals surface area contributed by atoms with Crippen LogP contribution in [-0.4, -0.2) is 65.2 Å². The van der Waals surface area contributed by atoms with Crippen molar-refractivity contribution in [2.45, 2.75) is 11.8 Å². The summed E-state index contributed by atoms with van der Waals surface area (Å²) in [6.45, 7) is 3.57. The molecule has 10 heteroatoms. The lowest BCUT2D eigenvalue weighted by molar-refractivity contribution is 0.0730. The molecule has 8 nitrogen and oxygen atoms in total. The molecule has 0 bridgehead atoms. The first-order chi connectivity index (χ1) is 14.8. The van der Waals surface area contributed by atoms with Crippen molar-refractivity contribution >= 4 is 27.5 Å². The Morgan fingerprint density at radius 3 is 2.61 bits per heavy atom. The van der Waals surface area contributed by atoms with Crippen molar-refractivity contribution in [1.29, 1.82) is 0 Å². The van der Waals surface area contributed by atoms with Crippen LogP contribution in [0.3, 0.4) is 0 Å². The molecule has 0 saturated carbocycles. The highest BCUT2D eigenvalue weighted by Gasteiger charge is 2.28. The van der Waals surface area contributed by atoms with Gasteiger partial charge in [-0.1, -0.05) is 17.7 Å². The van der Waals surface area contributed by atoms with Gasteiger partial charge in [-0.25, -0.2) is 8.42 Å². The minimum atomic E-state index is -3.73. The molecule has 168 valence electrons. The number of carbonyl (C=O) groups excluding carboxylic acids is 1. The Kier molecular flexibility index (Phi) is 7.77. The number of amides is 1. The number of halogens is 1. The molecule has 1 heterocycles. The summed E-state index contributed by atoms with van der Waals surface area (Å²) in [5.74, 6) is 0.423. The van der Waals surface area contributed by atoms with Crippen LogP contribution in [0.15, 0.2) is 41.3 Å². The largest absolute Gasteiger partial charge is 0.496 e. The number of nitrogens with one attached hydrogen (secondary N) is 1. The van der Waals surface area contributed by atoms with Crippen LogP contribution < -0.4 is 14.8 Å². The lowest BCUT2D eigenvalue weighted by Crippen LogP contribution is -2.40. The number of carbonyl (C=O) groups is 1. The van der Waals surface area contributed by atoms with Gasteiger partial charge in [0.25, 0.3) is 5.91 Å². The van der Waals surface area contributed by atoms with Crippen molar-refractivity contribution in [2.75, 3.05) is 46.6 Å². The second-order valence-corrected chi connectivity index (χ2v) is 9.24. The van der Waals surface area contributed by atoms with Crippen molar-refractivity contribution in [1.82, 2.24) is 9.62 Å². The van der Waals surface area contributed by atoms with Crippen molar-refractivity contribution in [3.8, 4) is 11.5 Å². The summed E-state index contributed by atoms with van der Waals surface area (Å²) in [5.41, 5.74) is 1.08. The first kappa shape index (κ1) is 23.3. The number of methoxy groups -OCH3 is 1. The zero-order valence-electron chi connectivity index (χ0n) is 17.4. The van der Waals surface area contributed by atoms with Crippen molar-refractivity contribution in [3.63, 3.8) is 0 Å². The Balaban J connectivity index is 1.66. The average Bonchev–Trinajstić information content (AvgIpc) is 2.79. The standard InChI is InChI=1S/C21H25ClN2O6S/c1-15-3-4-16(13-19(15)22)30-10-7-23-21(25)18-14-17(5-6-20(18)28-2)31(26,27)24-8-11-29-12-9-24/h3-6,13-14H,7-12H2,1-2H3,(H,23,25). The maximum Gasteiger partial charge on any atom is 0.255 e. The van der Waals surface area contributed by atoms with E-state index in [4.69, 9.17) is 25.8 Å². The monoisotopic (exact) mass is 468 g/mol. The van der Waals surface area contributed by atoms with Gasteiger partial charge in [-0.15, -0.1) is 0 Å². The third-order valence-corrected chi connectivity index (χ3v) is 7.12. The van der Waals surface area contributed by atoms with E-state index in [2.05, 4.69) is 5.32 Å². The molecule has 0 aliphatic carbocycles. The molecule has 0 unspecified atom stereocenters. The van der Waals surface area contributed by atoms with Crippen LogP contribution in [0.25, 0.3) is 0 Å². The number of hydrogen-bond acceptors (Lipinski definition) is 6. The summed E-state index contributed by atoms with van der Waals surface area (Å²) in [4.78, 5) is 12.7. The van der Waals surface area contributed by atoms with E-state index in [1.807, 2.05) is 13.0 Å². The maximum atomic E-state index is 12.9. The molecule has 0 atom stereocenters. The normalized spacial score (nSPS) is 14.8. The highest BCUT2D eigenvalue weighted by atomic mass is 35.5. The van der Waals surface area contributed by atoms with Gasteiger partial charge in [0.2, 0.25) is 10.0 Å². The number of benzene rings is 2. The Hall–Kier alpha value is -2.33. The van der Waals surface area contributed by atoms with E-state index in [1.165, 1.54) is 29.6 Å². The molecule has 31 heavy (non-hydrogen) atoms. The minimum absolute atomic E-state index is 0.0332. The van der Waals surface area contributed by atoms with Crippen LogP contribution in [0.2, 0.25) is 5.02 Å². The highest BCUT2D eigenvalue weighted by Crippen LogP contribution is 2.25. The van der Waals surface area contributed by atoms with Gasteiger partial charge in [0.1, 0.15) is 18.1 Å². The number of nitrogens with zero attached hydrogens (tertiary/aromatic N) is 1. The molecule has 1 N–H and O–H groups in total. The van der Waals surface area contributed by atoms with E-state index in [0.717, 1.165) is 5.56 Å². The lowest BCUT2D eigenvalue weighted by atomic mass is 10.2. The zero-order chi connectivity index (χ0) is 22.4. The summed E-state index contributed by atoms with van der Waals surface area (Å²) in [6.07, 6.45) is 0. The summed E-state index contributed by atoms with van der Waals surface area (Å²) >= 11 is 6.08. The Morgan fingerprint density at radius 2 is 1.94 bits per heavy atom. The fraction of sp³-hybridized carbons (Fsp3) is 0.381. The van der Waals surface area contributed by atoms with Gasteiger partial charge in [0, 0.05) is 18.1 Å². The first-order valence-corrected chi connectivity index (χ1v) is 11.6. The van der Waals surface area contributed by atoms with Gasteiger partial charge in [-0.2, -0.15) is 4.31 Å². The highest BCUT2D eigenvalue weighted by molar-refractivity contribution is 7.89. The van der Waals surface area contributed by atoms with Crippen molar-refractivity contribution < 1.29 is 27.4 Å². The number of ether oxygens (including phenoxy) is 3. The molecule has 1 saturated heterocycles. The van der Waals surface area contributed by atoms with Crippen LogP contribution in [0.1, 0.15) is 15.9 Å². The number of aryl methyl sites for hydroxylation is 1. The molecule has 0 aromatic heterocycles. The van der Waals surface area contributed by atoms with Crippen molar-refractivity contribution in [3.05, 3.63) is 52.5 Å². The van der Waals surface area contributed by atoms with Crippen LogP contribution in [0, 0.1) is 6.92 Å². The smallest absolute Gasteiger partial charge is 0.255 e. The minimum Gasteiger partial charge on any atom is -0.496 e. The van der Waals surface area contributed by atoms with Gasteiger partial charge in [0.05, 0.1) is 37.3 Å². The second-order valence-electron chi connectivity index (χ2n) is 6.89. The molecular weight excluding hydrogens is 444 g/mol. The van der Waals surface area contributed by atoms with Crippen LogP contribution in [0.5, 0.6) is 11.5 Å². The molecule has 1 aliphatic rings. The summed E-state index contributed by atoms with van der Waals surface area (Å²) in [6, 6.07) is 9.60. The Bertz CT molecular complexity index is 1040. The van der Waals surface area contributed by atoms with E-state index in [9.17, 15) is 13.2 Å². The molecule has 0 radical (unpaired) electrons. The van der Waals surface area contributed by atoms with Crippen molar-refractivity contribution in [2.24, 2.45) is 0 Å². The fourth-order valence-electron chi connectivity index (χ4n) is 3.05. The molecular formula is C21H25ClN2O6S. The van der Waals surface area contributed by atoms with Crippen LogP contribution >= 0.6 is 11.6 Å². The van der Waals surface area contributed by atoms with Gasteiger partial charge < -0.3 is 19.5 Å². The van der Waals surface area contributed by atoms with Gasteiger partial charge in [-0.3, -0.25) is 4.79 Å². The first-order valence-electron chi connectivity index (χ1n) is 9.76. The predicted molar refractivity (Wildman–Crippen MR) is 117 cm³/mol. The Labute approximate surface area is 187 Å².